The van der Waals surface area contributed by atoms with E-state index in [0.717, 1.165) is 74.8 Å². The van der Waals surface area contributed by atoms with E-state index in [1.807, 2.05) is 36.4 Å². The molecule has 2 aliphatic rings. The topological polar surface area (TPSA) is 72.3 Å². The summed E-state index contributed by atoms with van der Waals surface area (Å²) in [6.45, 7) is 2.77. The van der Waals surface area contributed by atoms with E-state index in [9.17, 15) is 9.90 Å². The third-order valence-electron chi connectivity index (χ3n) is 7.41. The zero-order valence-electron chi connectivity index (χ0n) is 19.2. The summed E-state index contributed by atoms with van der Waals surface area (Å²) in [4.78, 5) is 21.9. The van der Waals surface area contributed by atoms with Gasteiger partial charge in [0.1, 0.15) is 12.9 Å². The van der Waals surface area contributed by atoms with Crippen molar-refractivity contribution in [3.63, 3.8) is 0 Å². The summed E-state index contributed by atoms with van der Waals surface area (Å²) in [6, 6.07) is 11.4. The maximum Gasteiger partial charge on any atom is 0.343 e. The Morgan fingerprint density at radius 3 is 2.62 bits per heavy atom. The first-order chi connectivity index (χ1) is 15.5. The van der Waals surface area contributed by atoms with Gasteiger partial charge in [-0.15, -0.1) is 0 Å². The lowest BCUT2D eigenvalue weighted by Gasteiger charge is -2.42. The van der Waals surface area contributed by atoms with Gasteiger partial charge in [-0.1, -0.05) is 49.6 Å². The third-order valence-corrected chi connectivity index (χ3v) is 7.41. The molecule has 2 unspecified atom stereocenters. The van der Waals surface area contributed by atoms with E-state index in [2.05, 4.69) is 17.0 Å². The molecule has 1 aliphatic heterocycles. The van der Waals surface area contributed by atoms with Gasteiger partial charge in [0.25, 0.3) is 0 Å². The molecule has 1 aromatic heterocycles. The number of hydrogen-bond donors (Lipinski definition) is 1. The van der Waals surface area contributed by atoms with Crippen LogP contribution in [0.2, 0.25) is 0 Å². The second kappa shape index (κ2) is 10.1. The van der Waals surface area contributed by atoms with Gasteiger partial charge in [0, 0.05) is 30.7 Å². The summed E-state index contributed by atoms with van der Waals surface area (Å²) >= 11 is 0. The summed E-state index contributed by atoms with van der Waals surface area (Å²) in [5, 5.41) is 11.8. The number of piperidine rings is 1. The van der Waals surface area contributed by atoms with E-state index in [1.54, 1.807) is 12.5 Å². The molecule has 6 heteroatoms. The Hall–Kier alpha value is -2.31. The molecule has 0 amide bonds. The number of aliphatic hydroxyl groups is 1. The molecular weight excluding hydrogens is 402 g/mol. The Bertz CT molecular complexity index is 872. The average molecular weight is 439 g/mol. The van der Waals surface area contributed by atoms with Gasteiger partial charge in [0.15, 0.2) is 11.7 Å². The molecule has 2 aromatic rings. The standard InChI is InChI=1S/C26H36N3O3/c1-29(18-15-23-14-16-27-20-28-23)17-8-13-24(19-29)32-25(30)26(31,21-9-4-2-5-10-21)22-11-6-3-7-12-22/h2,4-5,9-10,14,16,20,22,24,31H,3,6-8,11-13,15,17-19H2,1H3/q+1/t24?,26?,29-/m1/s1. The van der Waals surface area contributed by atoms with Gasteiger partial charge in [0.2, 0.25) is 0 Å². The first kappa shape index (κ1) is 22.9. The van der Waals surface area contributed by atoms with Crippen LogP contribution in [-0.2, 0) is 21.6 Å². The molecule has 0 spiro atoms. The number of likely N-dealkylation sites (tertiary alicyclic amines) is 1. The van der Waals surface area contributed by atoms with Crippen LogP contribution in [0.4, 0.5) is 0 Å². The maximum atomic E-state index is 13.5. The average Bonchev–Trinajstić information content (AvgIpc) is 2.84. The fraction of sp³-hybridized carbons (Fsp3) is 0.577. The van der Waals surface area contributed by atoms with Crippen LogP contribution in [0, 0.1) is 5.92 Å². The van der Waals surface area contributed by atoms with Crippen molar-refractivity contribution in [2.24, 2.45) is 5.92 Å². The zero-order valence-corrected chi connectivity index (χ0v) is 19.2. The Labute approximate surface area is 191 Å². The number of esters is 1. The molecule has 172 valence electrons. The third kappa shape index (κ3) is 5.18. The van der Waals surface area contributed by atoms with Gasteiger partial charge >= 0.3 is 5.97 Å². The molecule has 1 aromatic carbocycles. The smallest absolute Gasteiger partial charge is 0.343 e. The second-order valence-corrected chi connectivity index (χ2v) is 9.84. The predicted octanol–water partition coefficient (Wildman–Crippen LogP) is 3.64. The van der Waals surface area contributed by atoms with Gasteiger partial charge in [-0.2, -0.15) is 0 Å². The normalized spacial score (nSPS) is 26.2. The molecule has 1 saturated carbocycles. The minimum atomic E-state index is -1.57. The number of carbonyl (C=O) groups excluding carboxylic acids is 1. The van der Waals surface area contributed by atoms with Crippen LogP contribution in [0.1, 0.15) is 56.2 Å². The molecule has 32 heavy (non-hydrogen) atoms. The van der Waals surface area contributed by atoms with Crippen LogP contribution >= 0.6 is 0 Å². The van der Waals surface area contributed by atoms with Crippen molar-refractivity contribution in [3.8, 4) is 0 Å². The fourth-order valence-electron chi connectivity index (χ4n) is 5.50. The van der Waals surface area contributed by atoms with E-state index < -0.39 is 11.6 Å². The van der Waals surface area contributed by atoms with Gasteiger partial charge in [0.05, 0.1) is 20.1 Å². The van der Waals surface area contributed by atoms with Crippen LogP contribution in [0.3, 0.4) is 0 Å². The summed E-state index contributed by atoms with van der Waals surface area (Å²) in [6.07, 6.45) is 10.9. The number of quaternary nitrogens is 1. The van der Waals surface area contributed by atoms with E-state index in [0.29, 0.717) is 5.56 Å². The van der Waals surface area contributed by atoms with E-state index in [-0.39, 0.29) is 12.0 Å². The number of rotatable bonds is 7. The summed E-state index contributed by atoms with van der Waals surface area (Å²) in [7, 11) is 2.23. The Kier molecular flexibility index (Phi) is 7.21. The van der Waals surface area contributed by atoms with Crippen molar-refractivity contribution >= 4 is 5.97 Å². The molecular formula is C26H36N3O3+. The molecule has 1 saturated heterocycles. The summed E-state index contributed by atoms with van der Waals surface area (Å²) < 4.78 is 6.92. The molecule has 2 fully saturated rings. The lowest BCUT2D eigenvalue weighted by molar-refractivity contribution is -0.916. The number of ether oxygens (including phenoxy) is 1. The van der Waals surface area contributed by atoms with Gasteiger partial charge in [-0.3, -0.25) is 0 Å². The van der Waals surface area contributed by atoms with Crippen LogP contribution in [0.25, 0.3) is 0 Å². The largest absolute Gasteiger partial charge is 0.454 e. The first-order valence-corrected chi connectivity index (χ1v) is 12.1. The highest BCUT2D eigenvalue weighted by atomic mass is 16.6. The Balaban J connectivity index is 1.45. The highest BCUT2D eigenvalue weighted by Crippen LogP contribution is 2.41. The van der Waals surface area contributed by atoms with Crippen LogP contribution in [0.15, 0.2) is 48.9 Å². The van der Waals surface area contributed by atoms with Crippen LogP contribution in [-0.4, -0.2) is 58.3 Å². The molecule has 0 bridgehead atoms. The van der Waals surface area contributed by atoms with Gasteiger partial charge in [-0.05, 0) is 30.9 Å². The van der Waals surface area contributed by atoms with E-state index >= 15 is 0 Å². The molecule has 1 N–H and O–H groups in total. The number of hydrogen-bond acceptors (Lipinski definition) is 5. The van der Waals surface area contributed by atoms with E-state index in [4.69, 9.17) is 4.74 Å². The Morgan fingerprint density at radius 2 is 1.91 bits per heavy atom. The van der Waals surface area contributed by atoms with Crippen LogP contribution < -0.4 is 0 Å². The number of carbonyl (C=O) groups is 1. The van der Waals surface area contributed by atoms with Crippen molar-refractivity contribution in [2.75, 3.05) is 26.7 Å². The van der Waals surface area contributed by atoms with Crippen molar-refractivity contribution in [1.29, 1.82) is 0 Å². The highest BCUT2D eigenvalue weighted by Gasteiger charge is 2.48. The molecule has 1 aliphatic carbocycles. The molecule has 3 atom stereocenters. The van der Waals surface area contributed by atoms with Crippen molar-refractivity contribution < 1.29 is 19.1 Å². The number of likely N-dealkylation sites (N-methyl/N-ethyl adjacent to an activating group) is 1. The lowest BCUT2D eigenvalue weighted by atomic mass is 9.73. The minimum absolute atomic E-state index is 0.0895. The van der Waals surface area contributed by atoms with Crippen molar-refractivity contribution in [1.82, 2.24) is 9.97 Å². The number of benzene rings is 1. The van der Waals surface area contributed by atoms with E-state index in [1.165, 1.54) is 6.42 Å². The number of aromatic nitrogens is 2. The van der Waals surface area contributed by atoms with Gasteiger partial charge < -0.3 is 14.3 Å². The van der Waals surface area contributed by atoms with Crippen molar-refractivity contribution in [3.05, 3.63) is 60.2 Å². The molecule has 4 rings (SSSR count). The molecule has 0 radical (unpaired) electrons. The number of nitrogens with zero attached hydrogens (tertiary/aromatic N) is 3. The highest BCUT2D eigenvalue weighted by molar-refractivity contribution is 5.81. The lowest BCUT2D eigenvalue weighted by Crippen LogP contribution is -2.56. The summed E-state index contributed by atoms with van der Waals surface area (Å²) in [5.74, 6) is -0.557. The molecule has 2 heterocycles. The zero-order chi connectivity index (χ0) is 22.4. The summed E-state index contributed by atoms with van der Waals surface area (Å²) in [5.41, 5.74) is 0.131. The molecule has 6 nitrogen and oxygen atoms in total. The predicted molar refractivity (Wildman–Crippen MR) is 123 cm³/mol. The minimum Gasteiger partial charge on any atom is -0.454 e. The Morgan fingerprint density at radius 1 is 1.12 bits per heavy atom. The van der Waals surface area contributed by atoms with Crippen molar-refractivity contribution in [2.45, 2.75) is 63.1 Å². The first-order valence-electron chi connectivity index (χ1n) is 12.1. The quantitative estimate of drug-likeness (QED) is 0.528. The monoisotopic (exact) mass is 438 g/mol. The van der Waals surface area contributed by atoms with Crippen LogP contribution in [0.5, 0.6) is 0 Å². The van der Waals surface area contributed by atoms with Gasteiger partial charge in [-0.25, -0.2) is 14.8 Å². The maximum absolute atomic E-state index is 13.5. The SMILES string of the molecule is C[N@+]1(CCc2ccncn2)CCCC(OC(=O)C(O)(c2ccccc2)C2CCCCC2)C1. The fourth-order valence-corrected chi connectivity index (χ4v) is 5.50. The second-order valence-electron chi connectivity index (χ2n) is 9.84.